The zero-order valence-electron chi connectivity index (χ0n) is 32.3. The molecule has 0 bridgehead atoms. The number of rotatable bonds is 11. The molecular formula is C38H45B2N13O2. The third-order valence-corrected chi connectivity index (χ3v) is 9.80. The molecule has 1 aromatic carbocycles. The van der Waals surface area contributed by atoms with Gasteiger partial charge in [-0.25, -0.2) is 15.0 Å². The number of amides is 1. The molecule has 0 saturated carbocycles. The first-order valence-corrected chi connectivity index (χ1v) is 18.2. The largest absolute Gasteiger partial charge is 0.364 e. The van der Waals surface area contributed by atoms with Gasteiger partial charge in [0.1, 0.15) is 17.3 Å². The lowest BCUT2D eigenvalue weighted by Gasteiger charge is -2.50. The molecule has 1 unspecified atom stereocenters. The summed E-state index contributed by atoms with van der Waals surface area (Å²) in [5.41, 5.74) is 7.03. The second-order valence-electron chi connectivity index (χ2n) is 13.5. The molecule has 0 spiro atoms. The number of fused-ring (bicyclic) bond motifs is 3. The SMILES string of the molecule is CCNC.[B]C([B])(c1cccc(C=O)n1)N1CC(n2ncc3c2C(CC)N(C)c2c(Nc4cc(Nc5cc(C)nc(C)n5)nnc4C(=O)NC)cccc2-3)C1. The minimum absolute atomic E-state index is 0.00565. The number of hydrogen-bond acceptors (Lipinski definition) is 13. The molecule has 15 nitrogen and oxygen atoms in total. The third-order valence-electron chi connectivity index (χ3n) is 9.80. The first-order chi connectivity index (χ1) is 26.4. The Bertz CT molecular complexity index is 2170. The van der Waals surface area contributed by atoms with Crippen molar-refractivity contribution in [2.45, 2.75) is 51.5 Å². The minimum atomic E-state index is -1.34. The number of nitrogens with one attached hydrogen (secondary N) is 4. The van der Waals surface area contributed by atoms with Crippen LogP contribution in [0, 0.1) is 13.8 Å². The van der Waals surface area contributed by atoms with Crippen molar-refractivity contribution in [3.8, 4) is 11.1 Å². The van der Waals surface area contributed by atoms with Gasteiger partial charge in [0.25, 0.3) is 5.91 Å². The second kappa shape index (κ2) is 16.4. The van der Waals surface area contributed by atoms with Crippen molar-refractivity contribution in [1.29, 1.82) is 0 Å². The Hall–Kier alpha value is -5.67. The van der Waals surface area contributed by atoms with E-state index in [1.807, 2.05) is 50.2 Å². The number of para-hydroxylation sites is 1. The molecule has 17 heteroatoms. The van der Waals surface area contributed by atoms with Crippen LogP contribution in [0.3, 0.4) is 0 Å². The maximum absolute atomic E-state index is 12.9. The van der Waals surface area contributed by atoms with E-state index in [0.29, 0.717) is 48.2 Å². The standard InChI is InChI=1S/C35H36B2N12O2.C3H9N/c1-6-27-33-24(15-39-49(33)22-16-48(17-22)35(36,37)28-12-7-9-21(18-50)42-28)23-10-8-11-25(32(23)47(27)5)43-26-14-30(45-46-31(26)34(51)38-4)44-29-13-19(2)40-20(3)41-29;1-3-4-2/h7-15,18,22,27H,6,16-17H2,1-5H3,(H,38,51)(H2,40,41,43,44,45);4H,3H2,1-2H3. The van der Waals surface area contributed by atoms with Crippen LogP contribution in [0.4, 0.5) is 28.7 Å². The van der Waals surface area contributed by atoms with Crippen molar-refractivity contribution < 1.29 is 9.59 Å². The molecule has 1 atom stereocenters. The number of aldehydes is 1. The Kier molecular flexibility index (Phi) is 11.6. The number of carbonyl (C=O) groups is 2. The van der Waals surface area contributed by atoms with E-state index in [1.165, 1.54) is 0 Å². The number of anilines is 5. The van der Waals surface area contributed by atoms with Gasteiger partial charge in [-0.15, -0.1) is 10.2 Å². The lowest BCUT2D eigenvalue weighted by atomic mass is 9.57. The molecule has 0 aliphatic carbocycles. The van der Waals surface area contributed by atoms with E-state index in [0.717, 1.165) is 46.9 Å². The van der Waals surface area contributed by atoms with Gasteiger partial charge in [0.05, 0.1) is 56.7 Å². The first-order valence-electron chi connectivity index (χ1n) is 18.2. The van der Waals surface area contributed by atoms with Gasteiger partial charge in [0.15, 0.2) is 17.8 Å². The predicted molar refractivity (Wildman–Crippen MR) is 216 cm³/mol. The number of pyridine rings is 1. The fourth-order valence-electron chi connectivity index (χ4n) is 6.96. The molecule has 55 heavy (non-hydrogen) atoms. The molecule has 4 N–H and O–H groups in total. The van der Waals surface area contributed by atoms with Crippen LogP contribution in [-0.2, 0) is 5.34 Å². The average molecular weight is 737 g/mol. The average Bonchev–Trinajstić information content (AvgIpc) is 3.58. The van der Waals surface area contributed by atoms with Crippen LogP contribution < -0.4 is 26.2 Å². The fraction of sp³-hybridized carbons (Fsp3) is 0.368. The molecule has 5 aromatic rings. The Balaban J connectivity index is 0.00000123. The van der Waals surface area contributed by atoms with Crippen molar-refractivity contribution >= 4 is 56.6 Å². The Morgan fingerprint density at radius 2 is 1.69 bits per heavy atom. The summed E-state index contributed by atoms with van der Waals surface area (Å²) >= 11 is 0. The van der Waals surface area contributed by atoms with Gasteiger partial charge in [-0.1, -0.05) is 32.0 Å². The maximum Gasteiger partial charge on any atom is 0.273 e. The smallest absolute Gasteiger partial charge is 0.273 e. The van der Waals surface area contributed by atoms with Crippen LogP contribution in [-0.4, -0.2) is 108 Å². The van der Waals surface area contributed by atoms with Gasteiger partial charge in [0, 0.05) is 61.8 Å². The lowest BCUT2D eigenvalue weighted by Crippen LogP contribution is -2.60. The molecule has 2 aliphatic rings. The molecule has 1 fully saturated rings. The predicted octanol–water partition coefficient (Wildman–Crippen LogP) is 3.93. The van der Waals surface area contributed by atoms with Crippen LogP contribution in [0.25, 0.3) is 11.1 Å². The monoisotopic (exact) mass is 737 g/mol. The summed E-state index contributed by atoms with van der Waals surface area (Å²) in [7, 11) is 18.7. The van der Waals surface area contributed by atoms with Gasteiger partial charge >= 0.3 is 0 Å². The normalized spacial score (nSPS) is 15.2. The van der Waals surface area contributed by atoms with Crippen molar-refractivity contribution in [2.24, 2.45) is 0 Å². The Morgan fingerprint density at radius 3 is 2.36 bits per heavy atom. The number of nitrogens with zero attached hydrogens (tertiary/aromatic N) is 9. The molecular weight excluding hydrogens is 692 g/mol. The molecule has 1 amide bonds. The molecule has 7 rings (SSSR count). The van der Waals surface area contributed by atoms with Gasteiger partial charge < -0.3 is 31.1 Å². The molecule has 1 saturated heterocycles. The first kappa shape index (κ1) is 39.0. The van der Waals surface area contributed by atoms with E-state index < -0.39 is 5.34 Å². The van der Waals surface area contributed by atoms with Gasteiger partial charge in [0.2, 0.25) is 0 Å². The maximum atomic E-state index is 12.9. The van der Waals surface area contributed by atoms with E-state index in [1.54, 1.807) is 31.3 Å². The van der Waals surface area contributed by atoms with Crippen LogP contribution in [0.1, 0.15) is 76.2 Å². The third kappa shape index (κ3) is 7.80. The highest BCUT2D eigenvalue weighted by atomic mass is 16.1. The number of hydrogen-bond donors (Lipinski definition) is 4. The number of likely N-dealkylation sites (tertiary alicyclic amines) is 1. The van der Waals surface area contributed by atoms with Crippen molar-refractivity contribution in [3.63, 3.8) is 0 Å². The van der Waals surface area contributed by atoms with Gasteiger partial charge in [-0.05, 0) is 57.4 Å². The van der Waals surface area contributed by atoms with Gasteiger partial charge in [-0.2, -0.15) is 5.10 Å². The van der Waals surface area contributed by atoms with E-state index >= 15 is 0 Å². The van der Waals surface area contributed by atoms with E-state index in [-0.39, 0.29) is 29.4 Å². The molecule has 2 aliphatic heterocycles. The highest BCUT2D eigenvalue weighted by Gasteiger charge is 2.42. The number of aromatic nitrogens is 7. The highest BCUT2D eigenvalue weighted by Crippen LogP contribution is 2.50. The van der Waals surface area contributed by atoms with Crippen LogP contribution in [0.5, 0.6) is 0 Å². The van der Waals surface area contributed by atoms with Crippen LogP contribution >= 0.6 is 0 Å². The zero-order valence-corrected chi connectivity index (χ0v) is 32.3. The highest BCUT2D eigenvalue weighted by molar-refractivity contribution is 6.39. The van der Waals surface area contributed by atoms with Crippen LogP contribution in [0.2, 0.25) is 0 Å². The van der Waals surface area contributed by atoms with E-state index in [9.17, 15) is 9.59 Å². The summed E-state index contributed by atoms with van der Waals surface area (Å²) in [5.74, 6) is 1.23. The molecule has 6 heterocycles. The number of carbonyl (C=O) groups excluding carboxylic acids is 2. The summed E-state index contributed by atoms with van der Waals surface area (Å²) in [4.78, 5) is 41.6. The topological polar surface area (TPSA) is 171 Å². The van der Waals surface area contributed by atoms with Crippen molar-refractivity contribution in [3.05, 3.63) is 89.0 Å². The number of aryl methyl sites for hydroxylation is 2. The second-order valence-corrected chi connectivity index (χ2v) is 13.5. The van der Waals surface area contributed by atoms with Gasteiger partial charge in [-0.3, -0.25) is 14.3 Å². The minimum Gasteiger partial charge on any atom is -0.364 e. The Morgan fingerprint density at radius 1 is 0.945 bits per heavy atom. The zero-order chi connectivity index (χ0) is 39.4. The summed E-state index contributed by atoms with van der Waals surface area (Å²) in [6.07, 6.45) is 3.41. The summed E-state index contributed by atoms with van der Waals surface area (Å²) in [6, 6.07) is 14.7. The van der Waals surface area contributed by atoms with Crippen molar-refractivity contribution in [2.75, 3.05) is 56.3 Å². The molecule has 4 aromatic heterocycles. The van der Waals surface area contributed by atoms with E-state index in [4.69, 9.17) is 20.8 Å². The summed E-state index contributed by atoms with van der Waals surface area (Å²) < 4.78 is 2.09. The van der Waals surface area contributed by atoms with Crippen LogP contribution in [0.15, 0.2) is 54.7 Å². The quantitative estimate of drug-likeness (QED) is 0.114. The van der Waals surface area contributed by atoms with Crippen molar-refractivity contribution in [1.82, 2.24) is 50.5 Å². The Labute approximate surface area is 324 Å². The summed E-state index contributed by atoms with van der Waals surface area (Å²) in [6.45, 7) is 10.1. The fourth-order valence-corrected chi connectivity index (χ4v) is 6.96. The summed E-state index contributed by atoms with van der Waals surface area (Å²) in [5, 5.41) is 24.4. The lowest BCUT2D eigenvalue weighted by molar-refractivity contribution is 0.0614. The van der Waals surface area contributed by atoms with E-state index in [2.05, 4.69) is 83.0 Å². The molecule has 280 valence electrons. The molecule has 4 radical (unpaired) electrons. The number of benzene rings is 1.